The Kier molecular flexibility index (Phi) is 7.39. The Morgan fingerprint density at radius 2 is 1.94 bits per heavy atom. The number of amides is 1. The molecule has 0 aliphatic heterocycles. The maximum absolute atomic E-state index is 11.8. The first-order valence-electron chi connectivity index (χ1n) is 6.38. The Bertz CT molecular complexity index is 197. The van der Waals surface area contributed by atoms with Gasteiger partial charge in [-0.15, -0.1) is 0 Å². The molecule has 1 atom stereocenters. The molecule has 3 heteroatoms. The summed E-state index contributed by atoms with van der Waals surface area (Å²) >= 11 is 0. The molecule has 0 heterocycles. The van der Waals surface area contributed by atoms with E-state index in [0.717, 1.165) is 19.4 Å². The number of nitrogens with one attached hydrogen (secondary N) is 1. The highest BCUT2D eigenvalue weighted by Gasteiger charge is 2.23. The van der Waals surface area contributed by atoms with Gasteiger partial charge in [0.2, 0.25) is 5.91 Å². The summed E-state index contributed by atoms with van der Waals surface area (Å²) in [6.45, 7) is 9.80. The van der Waals surface area contributed by atoms with Crippen LogP contribution in [0, 0.1) is 11.3 Å². The van der Waals surface area contributed by atoms with Crippen molar-refractivity contribution < 1.29 is 4.79 Å². The van der Waals surface area contributed by atoms with E-state index in [1.54, 1.807) is 0 Å². The van der Waals surface area contributed by atoms with E-state index in [-0.39, 0.29) is 17.2 Å². The van der Waals surface area contributed by atoms with Gasteiger partial charge in [0.15, 0.2) is 0 Å². The van der Waals surface area contributed by atoms with Crippen LogP contribution in [0.1, 0.15) is 53.4 Å². The third-order valence-corrected chi connectivity index (χ3v) is 2.59. The number of nitrogens with two attached hydrogens (primary N) is 1. The molecule has 3 N–H and O–H groups in total. The first kappa shape index (κ1) is 15.4. The molecule has 1 amide bonds. The normalized spacial score (nSPS) is 13.6. The quantitative estimate of drug-likeness (QED) is 0.657. The van der Waals surface area contributed by atoms with Crippen molar-refractivity contribution in [2.45, 2.75) is 53.4 Å². The van der Waals surface area contributed by atoms with Crippen molar-refractivity contribution >= 4 is 5.91 Å². The number of hydrogen-bond donors (Lipinski definition) is 2. The summed E-state index contributed by atoms with van der Waals surface area (Å²) in [6, 6.07) is 0. The minimum atomic E-state index is -0.0402. The molecular formula is C13H28N2O. The number of unbranched alkanes of at least 4 members (excludes halogenated alkanes) is 2. The molecule has 0 aromatic heterocycles. The highest BCUT2D eigenvalue weighted by atomic mass is 16.1. The van der Waals surface area contributed by atoms with Crippen LogP contribution in [0.5, 0.6) is 0 Å². The number of rotatable bonds is 7. The molecule has 0 aromatic carbocycles. The zero-order chi connectivity index (χ0) is 12.6. The highest BCUT2D eigenvalue weighted by molar-refractivity contribution is 5.78. The number of carbonyl (C=O) groups excluding carboxylic acids is 1. The minimum absolute atomic E-state index is 0.0402. The van der Waals surface area contributed by atoms with E-state index in [1.165, 1.54) is 12.8 Å². The van der Waals surface area contributed by atoms with Gasteiger partial charge in [-0.3, -0.25) is 4.79 Å². The lowest BCUT2D eigenvalue weighted by Gasteiger charge is -2.24. The summed E-state index contributed by atoms with van der Waals surface area (Å²) in [7, 11) is 0. The molecule has 0 fully saturated rings. The van der Waals surface area contributed by atoms with Crippen molar-refractivity contribution in [2.24, 2.45) is 17.1 Å². The van der Waals surface area contributed by atoms with E-state index in [9.17, 15) is 4.79 Å². The third-order valence-electron chi connectivity index (χ3n) is 2.59. The van der Waals surface area contributed by atoms with Gasteiger partial charge in [-0.25, -0.2) is 0 Å². The number of carbonyl (C=O) groups is 1. The van der Waals surface area contributed by atoms with Gasteiger partial charge in [-0.1, -0.05) is 40.5 Å². The zero-order valence-corrected chi connectivity index (χ0v) is 11.3. The van der Waals surface area contributed by atoms with Crippen LogP contribution in [-0.2, 0) is 4.79 Å². The largest absolute Gasteiger partial charge is 0.356 e. The van der Waals surface area contributed by atoms with Crippen molar-refractivity contribution in [3.63, 3.8) is 0 Å². The summed E-state index contributed by atoms with van der Waals surface area (Å²) in [4.78, 5) is 11.8. The average Bonchev–Trinajstić information content (AvgIpc) is 2.19. The maximum Gasteiger partial charge on any atom is 0.224 e. The average molecular weight is 228 g/mol. The fourth-order valence-corrected chi connectivity index (χ4v) is 1.75. The zero-order valence-electron chi connectivity index (χ0n) is 11.3. The molecule has 3 nitrogen and oxygen atoms in total. The Labute approximate surface area is 100 Å². The molecule has 0 spiro atoms. The lowest BCUT2D eigenvalue weighted by Crippen LogP contribution is -2.37. The third kappa shape index (κ3) is 7.69. The van der Waals surface area contributed by atoms with Gasteiger partial charge in [0.1, 0.15) is 0 Å². The smallest absolute Gasteiger partial charge is 0.224 e. The van der Waals surface area contributed by atoms with Gasteiger partial charge in [-0.2, -0.15) is 0 Å². The molecule has 0 bridgehead atoms. The molecule has 0 radical (unpaired) electrons. The molecule has 1 unspecified atom stereocenters. The van der Waals surface area contributed by atoms with Crippen LogP contribution in [0.15, 0.2) is 0 Å². The predicted molar refractivity (Wildman–Crippen MR) is 69.2 cm³/mol. The Balaban J connectivity index is 3.92. The lowest BCUT2D eigenvalue weighted by molar-refractivity contribution is -0.125. The van der Waals surface area contributed by atoms with Gasteiger partial charge in [0, 0.05) is 13.1 Å². The molecule has 96 valence electrons. The lowest BCUT2D eigenvalue weighted by atomic mass is 9.84. The van der Waals surface area contributed by atoms with Crippen molar-refractivity contribution in [3.05, 3.63) is 0 Å². The number of hydrogen-bond acceptors (Lipinski definition) is 2. The Hall–Kier alpha value is -0.570. The molecule has 0 saturated carbocycles. The summed E-state index contributed by atoms with van der Waals surface area (Å²) in [6.07, 6.45) is 4.27. The van der Waals surface area contributed by atoms with Crippen molar-refractivity contribution in [2.75, 3.05) is 13.1 Å². The second-order valence-electron chi connectivity index (χ2n) is 5.70. The van der Waals surface area contributed by atoms with Crippen LogP contribution in [-0.4, -0.2) is 19.0 Å². The van der Waals surface area contributed by atoms with E-state index in [2.05, 4.69) is 33.0 Å². The monoisotopic (exact) mass is 228 g/mol. The van der Waals surface area contributed by atoms with Gasteiger partial charge in [0.05, 0.1) is 5.92 Å². The van der Waals surface area contributed by atoms with Crippen molar-refractivity contribution in [3.8, 4) is 0 Å². The summed E-state index contributed by atoms with van der Waals surface area (Å²) in [5, 5.41) is 2.97. The molecular weight excluding hydrogens is 200 g/mol. The summed E-state index contributed by atoms with van der Waals surface area (Å²) in [5.41, 5.74) is 5.81. The maximum atomic E-state index is 11.8. The minimum Gasteiger partial charge on any atom is -0.356 e. The van der Waals surface area contributed by atoms with E-state index in [4.69, 9.17) is 5.73 Å². The molecule has 16 heavy (non-hydrogen) atoms. The molecule has 0 saturated heterocycles. The first-order chi connectivity index (χ1) is 7.40. The van der Waals surface area contributed by atoms with E-state index >= 15 is 0 Å². The Morgan fingerprint density at radius 3 is 2.38 bits per heavy atom. The van der Waals surface area contributed by atoms with Crippen LogP contribution in [0.25, 0.3) is 0 Å². The fraction of sp³-hybridized carbons (Fsp3) is 0.923. The summed E-state index contributed by atoms with van der Waals surface area (Å²) in [5.74, 6) is 0.0788. The van der Waals surface area contributed by atoms with Gasteiger partial charge in [0.25, 0.3) is 0 Å². The molecule has 0 rings (SSSR count). The van der Waals surface area contributed by atoms with Crippen LogP contribution < -0.4 is 11.1 Å². The van der Waals surface area contributed by atoms with Gasteiger partial charge in [-0.05, 0) is 18.3 Å². The molecule has 0 aliphatic rings. The standard InChI is InChI=1S/C13H28N2O/c1-5-6-7-8-15-12(16)11(10-14)9-13(2,3)4/h11H,5-10,14H2,1-4H3,(H,15,16). The van der Waals surface area contributed by atoms with Crippen LogP contribution in [0.3, 0.4) is 0 Å². The van der Waals surface area contributed by atoms with Crippen LogP contribution in [0.4, 0.5) is 0 Å². The van der Waals surface area contributed by atoms with Gasteiger partial charge < -0.3 is 11.1 Å². The van der Waals surface area contributed by atoms with Crippen molar-refractivity contribution in [1.82, 2.24) is 5.32 Å². The van der Waals surface area contributed by atoms with E-state index in [0.29, 0.717) is 6.54 Å². The van der Waals surface area contributed by atoms with Crippen LogP contribution in [0.2, 0.25) is 0 Å². The first-order valence-corrected chi connectivity index (χ1v) is 6.38. The van der Waals surface area contributed by atoms with Gasteiger partial charge >= 0.3 is 0 Å². The topological polar surface area (TPSA) is 55.1 Å². The second kappa shape index (κ2) is 7.66. The predicted octanol–water partition coefficient (Wildman–Crippen LogP) is 2.30. The summed E-state index contributed by atoms with van der Waals surface area (Å²) < 4.78 is 0. The van der Waals surface area contributed by atoms with E-state index < -0.39 is 0 Å². The van der Waals surface area contributed by atoms with Crippen LogP contribution >= 0.6 is 0 Å². The Morgan fingerprint density at radius 1 is 1.31 bits per heavy atom. The van der Waals surface area contributed by atoms with Crippen molar-refractivity contribution in [1.29, 1.82) is 0 Å². The SMILES string of the molecule is CCCCCNC(=O)C(CN)CC(C)(C)C. The molecule has 0 aliphatic carbocycles. The molecule has 0 aromatic rings. The fourth-order valence-electron chi connectivity index (χ4n) is 1.75. The van der Waals surface area contributed by atoms with E-state index in [1.807, 2.05) is 0 Å². The second-order valence-corrected chi connectivity index (χ2v) is 5.70. The highest BCUT2D eigenvalue weighted by Crippen LogP contribution is 2.23.